The van der Waals surface area contributed by atoms with Gasteiger partial charge in [0, 0.05) is 11.3 Å². The van der Waals surface area contributed by atoms with Crippen molar-refractivity contribution >= 4 is 17.5 Å². The summed E-state index contributed by atoms with van der Waals surface area (Å²) in [4.78, 5) is 24.6. The van der Waals surface area contributed by atoms with Gasteiger partial charge in [0.25, 0.3) is 5.91 Å². The van der Waals surface area contributed by atoms with Crippen LogP contribution in [0.2, 0.25) is 0 Å². The van der Waals surface area contributed by atoms with Crippen LogP contribution in [0.15, 0.2) is 42.5 Å². The van der Waals surface area contributed by atoms with E-state index in [9.17, 15) is 9.59 Å². The SMILES string of the molecule is COc1ccc(C(=O)NCC(=O)Nc2ccccc2C(C)(C)C)cc1OC. The van der Waals surface area contributed by atoms with Gasteiger partial charge in [0.05, 0.1) is 20.8 Å². The predicted molar refractivity (Wildman–Crippen MR) is 106 cm³/mol. The molecule has 0 aliphatic heterocycles. The summed E-state index contributed by atoms with van der Waals surface area (Å²) in [5.74, 6) is 0.329. The summed E-state index contributed by atoms with van der Waals surface area (Å²) in [6.07, 6.45) is 0. The molecular formula is C21H26N2O4. The zero-order valence-electron chi connectivity index (χ0n) is 16.4. The number of carbonyl (C=O) groups is 2. The Balaban J connectivity index is 2.01. The number of carbonyl (C=O) groups excluding carboxylic acids is 2. The number of para-hydroxylation sites is 1. The van der Waals surface area contributed by atoms with Crippen molar-refractivity contribution in [3.63, 3.8) is 0 Å². The molecule has 2 aromatic carbocycles. The van der Waals surface area contributed by atoms with Crippen LogP contribution in [0, 0.1) is 0 Å². The minimum Gasteiger partial charge on any atom is -0.493 e. The second kappa shape index (κ2) is 8.58. The summed E-state index contributed by atoms with van der Waals surface area (Å²) in [5, 5.41) is 5.48. The van der Waals surface area contributed by atoms with Gasteiger partial charge in [0.2, 0.25) is 5.91 Å². The summed E-state index contributed by atoms with van der Waals surface area (Å²) in [6.45, 7) is 6.11. The van der Waals surface area contributed by atoms with Gasteiger partial charge in [-0.25, -0.2) is 0 Å². The first-order valence-electron chi connectivity index (χ1n) is 8.66. The van der Waals surface area contributed by atoms with Gasteiger partial charge in [-0.3, -0.25) is 9.59 Å². The first-order chi connectivity index (χ1) is 12.8. The van der Waals surface area contributed by atoms with Crippen LogP contribution in [0.1, 0.15) is 36.7 Å². The van der Waals surface area contributed by atoms with Crippen molar-refractivity contribution in [3.8, 4) is 11.5 Å². The zero-order valence-corrected chi connectivity index (χ0v) is 16.4. The standard InChI is InChI=1S/C21H26N2O4/c1-21(2,3)15-8-6-7-9-16(15)23-19(24)13-22-20(25)14-10-11-17(26-4)18(12-14)27-5/h6-12H,13H2,1-5H3,(H,22,25)(H,23,24). The maximum Gasteiger partial charge on any atom is 0.251 e. The van der Waals surface area contributed by atoms with E-state index in [1.165, 1.54) is 14.2 Å². The highest BCUT2D eigenvalue weighted by atomic mass is 16.5. The average molecular weight is 370 g/mol. The van der Waals surface area contributed by atoms with E-state index < -0.39 is 0 Å². The van der Waals surface area contributed by atoms with Crippen LogP contribution < -0.4 is 20.1 Å². The fourth-order valence-corrected chi connectivity index (χ4v) is 2.68. The molecule has 0 saturated heterocycles. The molecule has 0 bridgehead atoms. The molecule has 0 heterocycles. The largest absolute Gasteiger partial charge is 0.493 e. The van der Waals surface area contributed by atoms with Gasteiger partial charge in [0.1, 0.15) is 0 Å². The van der Waals surface area contributed by atoms with Gasteiger partial charge in [0.15, 0.2) is 11.5 Å². The number of rotatable bonds is 6. The van der Waals surface area contributed by atoms with Crippen LogP contribution in [0.4, 0.5) is 5.69 Å². The van der Waals surface area contributed by atoms with Crippen molar-refractivity contribution in [2.75, 3.05) is 26.1 Å². The van der Waals surface area contributed by atoms with Gasteiger partial charge in [-0.15, -0.1) is 0 Å². The molecule has 2 amide bonds. The number of hydrogen-bond donors (Lipinski definition) is 2. The Kier molecular flexibility index (Phi) is 6.45. The molecule has 0 unspecified atom stereocenters. The third kappa shape index (κ3) is 5.23. The number of anilines is 1. The van der Waals surface area contributed by atoms with E-state index in [2.05, 4.69) is 31.4 Å². The van der Waals surface area contributed by atoms with Crippen molar-refractivity contribution in [2.24, 2.45) is 0 Å². The van der Waals surface area contributed by atoms with Gasteiger partial charge >= 0.3 is 0 Å². The third-order valence-electron chi connectivity index (χ3n) is 4.06. The lowest BCUT2D eigenvalue weighted by Crippen LogP contribution is -2.33. The number of benzene rings is 2. The first kappa shape index (κ1) is 20.3. The minimum atomic E-state index is -0.366. The molecule has 27 heavy (non-hydrogen) atoms. The van der Waals surface area contributed by atoms with Crippen LogP contribution in [-0.2, 0) is 10.2 Å². The van der Waals surface area contributed by atoms with E-state index in [-0.39, 0.29) is 23.8 Å². The molecule has 6 nitrogen and oxygen atoms in total. The van der Waals surface area contributed by atoms with Crippen molar-refractivity contribution in [3.05, 3.63) is 53.6 Å². The van der Waals surface area contributed by atoms with E-state index >= 15 is 0 Å². The molecule has 0 atom stereocenters. The maximum atomic E-state index is 12.3. The predicted octanol–water partition coefficient (Wildman–Crippen LogP) is 3.37. The molecule has 2 aromatic rings. The number of hydrogen-bond acceptors (Lipinski definition) is 4. The fourth-order valence-electron chi connectivity index (χ4n) is 2.68. The monoisotopic (exact) mass is 370 g/mol. The highest BCUT2D eigenvalue weighted by Crippen LogP contribution is 2.29. The van der Waals surface area contributed by atoms with E-state index in [1.54, 1.807) is 18.2 Å². The first-order valence-corrected chi connectivity index (χ1v) is 8.66. The third-order valence-corrected chi connectivity index (χ3v) is 4.06. The molecule has 0 aromatic heterocycles. The molecule has 6 heteroatoms. The number of amides is 2. The molecule has 0 radical (unpaired) electrons. The van der Waals surface area contributed by atoms with E-state index in [0.717, 1.165) is 11.3 Å². The highest BCUT2D eigenvalue weighted by molar-refractivity contribution is 6.00. The smallest absolute Gasteiger partial charge is 0.251 e. The van der Waals surface area contributed by atoms with Crippen LogP contribution in [0.5, 0.6) is 11.5 Å². The molecule has 0 saturated carbocycles. The quantitative estimate of drug-likeness (QED) is 0.817. The molecule has 0 aliphatic rings. The minimum absolute atomic E-state index is 0.104. The second-order valence-corrected chi connectivity index (χ2v) is 7.10. The highest BCUT2D eigenvalue weighted by Gasteiger charge is 2.19. The van der Waals surface area contributed by atoms with E-state index in [0.29, 0.717) is 17.1 Å². The summed E-state index contributed by atoms with van der Waals surface area (Å²) >= 11 is 0. The molecule has 144 valence electrons. The van der Waals surface area contributed by atoms with E-state index in [1.807, 2.05) is 24.3 Å². The number of ether oxygens (including phenoxy) is 2. The lowest BCUT2D eigenvalue weighted by molar-refractivity contribution is -0.115. The van der Waals surface area contributed by atoms with Crippen LogP contribution in [0.25, 0.3) is 0 Å². The molecule has 2 rings (SSSR count). The van der Waals surface area contributed by atoms with Crippen LogP contribution in [0.3, 0.4) is 0 Å². The van der Waals surface area contributed by atoms with Crippen molar-refractivity contribution in [2.45, 2.75) is 26.2 Å². The Morgan fingerprint density at radius 3 is 2.26 bits per heavy atom. The second-order valence-electron chi connectivity index (χ2n) is 7.10. The Labute approximate surface area is 159 Å². The molecule has 0 spiro atoms. The fraction of sp³-hybridized carbons (Fsp3) is 0.333. The Hall–Kier alpha value is -3.02. The Morgan fingerprint density at radius 1 is 0.963 bits per heavy atom. The Bertz CT molecular complexity index is 825. The van der Waals surface area contributed by atoms with Crippen molar-refractivity contribution in [1.82, 2.24) is 5.32 Å². The summed E-state index contributed by atoms with van der Waals surface area (Å²) in [7, 11) is 3.02. The molecular weight excluding hydrogens is 344 g/mol. The lowest BCUT2D eigenvalue weighted by Gasteiger charge is -2.23. The van der Waals surface area contributed by atoms with Crippen molar-refractivity contribution in [1.29, 1.82) is 0 Å². The molecule has 0 aliphatic carbocycles. The van der Waals surface area contributed by atoms with Crippen LogP contribution >= 0.6 is 0 Å². The number of methoxy groups -OCH3 is 2. The molecule has 0 fully saturated rings. The average Bonchev–Trinajstić information content (AvgIpc) is 2.65. The van der Waals surface area contributed by atoms with Gasteiger partial charge in [-0.1, -0.05) is 39.0 Å². The summed E-state index contributed by atoms with van der Waals surface area (Å²) in [5.41, 5.74) is 2.06. The summed E-state index contributed by atoms with van der Waals surface area (Å²) < 4.78 is 10.3. The van der Waals surface area contributed by atoms with Gasteiger partial charge in [-0.05, 0) is 35.2 Å². The molecule has 2 N–H and O–H groups in total. The normalized spacial score (nSPS) is 10.9. The number of nitrogens with one attached hydrogen (secondary N) is 2. The zero-order chi connectivity index (χ0) is 20.0. The maximum absolute atomic E-state index is 12.3. The van der Waals surface area contributed by atoms with Gasteiger partial charge < -0.3 is 20.1 Å². The Morgan fingerprint density at radius 2 is 1.63 bits per heavy atom. The topological polar surface area (TPSA) is 76.7 Å². The van der Waals surface area contributed by atoms with Crippen LogP contribution in [-0.4, -0.2) is 32.6 Å². The van der Waals surface area contributed by atoms with Crippen molar-refractivity contribution < 1.29 is 19.1 Å². The lowest BCUT2D eigenvalue weighted by atomic mass is 9.86. The van der Waals surface area contributed by atoms with E-state index in [4.69, 9.17) is 9.47 Å². The van der Waals surface area contributed by atoms with Gasteiger partial charge in [-0.2, -0.15) is 0 Å². The summed E-state index contributed by atoms with van der Waals surface area (Å²) in [6, 6.07) is 12.5.